The lowest BCUT2D eigenvalue weighted by Crippen LogP contribution is -2.02. The van der Waals surface area contributed by atoms with E-state index in [0.717, 1.165) is 93.0 Å². The molecule has 6 nitrogen and oxygen atoms in total. The Hall–Kier alpha value is -8.58. The van der Waals surface area contributed by atoms with Crippen LogP contribution in [0, 0.1) is 17.9 Å². The van der Waals surface area contributed by atoms with Crippen molar-refractivity contribution in [3.05, 3.63) is 193 Å². The van der Waals surface area contributed by atoms with Crippen LogP contribution in [0.15, 0.2) is 180 Å². The van der Waals surface area contributed by atoms with Crippen molar-refractivity contribution >= 4 is 104 Å². The van der Waals surface area contributed by atoms with Crippen LogP contribution in [-0.2, 0) is 0 Å². The first-order valence-electron chi connectivity index (χ1n) is 19.9. The van der Waals surface area contributed by atoms with Crippen LogP contribution in [0.5, 0.6) is 0 Å². The minimum Gasteiger partial charge on any atom is -0.456 e. The maximum atomic E-state index is 11.2. The summed E-state index contributed by atoms with van der Waals surface area (Å²) in [4.78, 5) is 4.20. The molecule has 4 heterocycles. The average Bonchev–Trinajstić information content (AvgIpc) is 4.04. The molecule has 4 aromatic heterocycles. The number of aromatic nitrogens is 3. The molecule has 0 aliphatic carbocycles. The third kappa shape index (κ3) is 4.23. The van der Waals surface area contributed by atoms with Gasteiger partial charge in [0.15, 0.2) is 0 Å². The number of nitrogens with zero attached hydrogens (tertiary/aromatic N) is 5. The quantitative estimate of drug-likeness (QED) is 0.168. The van der Waals surface area contributed by atoms with E-state index in [2.05, 4.69) is 164 Å². The molecule has 6 heteroatoms. The van der Waals surface area contributed by atoms with Gasteiger partial charge in [-0.25, -0.2) is 4.85 Å². The van der Waals surface area contributed by atoms with Crippen molar-refractivity contribution in [2.45, 2.75) is 0 Å². The third-order valence-electron chi connectivity index (χ3n) is 12.5. The average molecular weight is 764 g/mol. The Morgan fingerprint density at radius 3 is 1.83 bits per heavy atom. The van der Waals surface area contributed by atoms with Gasteiger partial charge >= 0.3 is 0 Å². The number of furan rings is 1. The van der Waals surface area contributed by atoms with E-state index in [1.807, 2.05) is 36.4 Å². The summed E-state index contributed by atoms with van der Waals surface area (Å²) >= 11 is 0. The zero-order chi connectivity index (χ0) is 39.6. The number of para-hydroxylation sites is 4. The van der Waals surface area contributed by atoms with Gasteiger partial charge in [0.2, 0.25) is 5.69 Å². The molecule has 9 aromatic carbocycles. The first-order valence-corrected chi connectivity index (χ1v) is 19.9. The van der Waals surface area contributed by atoms with Crippen molar-refractivity contribution in [2.75, 3.05) is 0 Å². The molecule has 0 saturated heterocycles. The van der Waals surface area contributed by atoms with E-state index in [-0.39, 0.29) is 0 Å². The fraction of sp³-hybridized carbons (Fsp3) is 0. The number of hydrogen-bond acceptors (Lipinski definition) is 2. The molecule has 0 aliphatic rings. The van der Waals surface area contributed by atoms with E-state index in [1.165, 1.54) is 10.8 Å². The van der Waals surface area contributed by atoms with Crippen molar-refractivity contribution < 1.29 is 4.42 Å². The zero-order valence-corrected chi connectivity index (χ0v) is 31.9. The van der Waals surface area contributed by atoms with Crippen molar-refractivity contribution in [2.24, 2.45) is 0 Å². The SMILES string of the molecule is [C-]#[N+]c1cc(-n2c3ccc(-n4c5ccccc5c5ccccc54)cc3c3ccc4oc5ccccc5c4c32)c(C#N)cc1-n1c2ccccc2c2c3ccccc3ccc21. The summed E-state index contributed by atoms with van der Waals surface area (Å²) in [6, 6.07) is 63.4. The fourth-order valence-corrected chi connectivity index (χ4v) is 10.0. The number of rotatable bonds is 3. The topological polar surface area (TPSA) is 56.1 Å². The van der Waals surface area contributed by atoms with Crippen LogP contribution in [0.25, 0.3) is 120 Å². The molecule has 0 spiro atoms. The highest BCUT2D eigenvalue weighted by Gasteiger charge is 2.25. The molecule has 13 rings (SSSR count). The van der Waals surface area contributed by atoms with Crippen LogP contribution in [0.1, 0.15) is 5.56 Å². The summed E-state index contributed by atoms with van der Waals surface area (Å²) in [5.74, 6) is 0. The minimum absolute atomic E-state index is 0.445. The molecule has 276 valence electrons. The highest BCUT2D eigenvalue weighted by atomic mass is 16.3. The standard InChI is InChI=1S/C54H29N5O/c1-56-42-30-48(33(31-55)28-49(42)58-45-20-10-6-16-39(45)52-35-13-3-2-12-32(35)22-25-47(52)58)59-46-26-23-34(57-43-18-8-4-14-36(43)37-15-5-9-19-44(37)57)29-41(46)38-24-27-51-53(54(38)59)40-17-7-11-21-50(40)60-51/h2-30H. The van der Waals surface area contributed by atoms with Gasteiger partial charge in [-0.15, -0.1) is 0 Å². The van der Waals surface area contributed by atoms with Gasteiger partial charge in [0.05, 0.1) is 62.0 Å². The normalized spacial score (nSPS) is 12.0. The molecule has 0 unspecified atom stereocenters. The summed E-state index contributed by atoms with van der Waals surface area (Å²) < 4.78 is 13.1. The lowest BCUT2D eigenvalue weighted by molar-refractivity contribution is 0.669. The number of fused-ring (bicyclic) bond motifs is 15. The Bertz CT molecular complexity index is 4050. The molecule has 0 aliphatic heterocycles. The molecule has 0 amide bonds. The summed E-state index contributed by atoms with van der Waals surface area (Å²) in [6.45, 7) is 8.67. The second-order valence-corrected chi connectivity index (χ2v) is 15.5. The van der Waals surface area contributed by atoms with Crippen LogP contribution in [0.4, 0.5) is 5.69 Å². The molecule has 0 bridgehead atoms. The van der Waals surface area contributed by atoms with E-state index in [0.29, 0.717) is 22.6 Å². The Labute approximate surface area is 342 Å². The summed E-state index contributed by atoms with van der Waals surface area (Å²) in [5.41, 5.74) is 10.9. The van der Waals surface area contributed by atoms with Gasteiger partial charge in [-0.3, -0.25) is 0 Å². The molecule has 0 radical (unpaired) electrons. The molecule has 0 saturated carbocycles. The van der Waals surface area contributed by atoms with Crippen LogP contribution in [-0.4, -0.2) is 13.7 Å². The van der Waals surface area contributed by atoms with Gasteiger partial charge in [-0.2, -0.15) is 5.26 Å². The van der Waals surface area contributed by atoms with E-state index >= 15 is 0 Å². The maximum absolute atomic E-state index is 11.2. The Morgan fingerprint density at radius 1 is 0.450 bits per heavy atom. The minimum atomic E-state index is 0.445. The van der Waals surface area contributed by atoms with Crippen LogP contribution < -0.4 is 0 Å². The Kier molecular flexibility index (Phi) is 6.48. The van der Waals surface area contributed by atoms with Crippen LogP contribution >= 0.6 is 0 Å². The monoisotopic (exact) mass is 763 g/mol. The lowest BCUT2D eigenvalue weighted by Gasteiger charge is -2.16. The Balaban J connectivity index is 1.14. The number of hydrogen-bond donors (Lipinski definition) is 0. The lowest BCUT2D eigenvalue weighted by atomic mass is 10.0. The predicted octanol–water partition coefficient (Wildman–Crippen LogP) is 14.5. The summed E-state index contributed by atoms with van der Waals surface area (Å²) in [5, 5.41) is 22.1. The Morgan fingerprint density at radius 2 is 1.08 bits per heavy atom. The maximum Gasteiger partial charge on any atom is 0.212 e. The van der Waals surface area contributed by atoms with Gasteiger partial charge in [-0.05, 0) is 83.6 Å². The van der Waals surface area contributed by atoms with Crippen molar-refractivity contribution in [3.8, 4) is 23.1 Å². The molecular weight excluding hydrogens is 735 g/mol. The number of nitriles is 1. The summed E-state index contributed by atoms with van der Waals surface area (Å²) in [6.07, 6.45) is 0. The van der Waals surface area contributed by atoms with Gasteiger partial charge in [0.1, 0.15) is 17.2 Å². The van der Waals surface area contributed by atoms with Crippen molar-refractivity contribution in [3.63, 3.8) is 0 Å². The highest BCUT2D eigenvalue weighted by Crippen LogP contribution is 2.45. The molecule has 0 N–H and O–H groups in total. The molecule has 0 atom stereocenters. The van der Waals surface area contributed by atoms with Gasteiger partial charge < -0.3 is 18.1 Å². The smallest absolute Gasteiger partial charge is 0.212 e. The fourth-order valence-electron chi connectivity index (χ4n) is 10.0. The molecule has 13 aromatic rings. The first kappa shape index (κ1) is 32.5. The first-order chi connectivity index (χ1) is 29.7. The highest BCUT2D eigenvalue weighted by molar-refractivity contribution is 6.25. The van der Waals surface area contributed by atoms with E-state index in [9.17, 15) is 5.26 Å². The third-order valence-corrected chi connectivity index (χ3v) is 12.5. The van der Waals surface area contributed by atoms with Gasteiger partial charge in [-0.1, -0.05) is 103 Å². The van der Waals surface area contributed by atoms with Crippen molar-refractivity contribution in [1.29, 1.82) is 5.26 Å². The van der Waals surface area contributed by atoms with E-state index in [1.54, 1.807) is 0 Å². The van der Waals surface area contributed by atoms with E-state index < -0.39 is 0 Å². The van der Waals surface area contributed by atoms with Crippen LogP contribution in [0.2, 0.25) is 0 Å². The second kappa shape index (κ2) is 12.0. The molecule has 0 fully saturated rings. The van der Waals surface area contributed by atoms with E-state index in [4.69, 9.17) is 11.0 Å². The largest absolute Gasteiger partial charge is 0.456 e. The van der Waals surface area contributed by atoms with Gasteiger partial charge in [0, 0.05) is 43.4 Å². The van der Waals surface area contributed by atoms with Crippen LogP contribution in [0.3, 0.4) is 0 Å². The number of benzene rings is 9. The van der Waals surface area contributed by atoms with Gasteiger partial charge in [0.25, 0.3) is 0 Å². The zero-order valence-electron chi connectivity index (χ0n) is 31.9. The molecular formula is C54H29N5O. The molecule has 60 heavy (non-hydrogen) atoms. The predicted molar refractivity (Wildman–Crippen MR) is 245 cm³/mol. The second-order valence-electron chi connectivity index (χ2n) is 15.5. The van der Waals surface area contributed by atoms with Crippen molar-refractivity contribution in [1.82, 2.24) is 13.7 Å². The summed E-state index contributed by atoms with van der Waals surface area (Å²) in [7, 11) is 0.